The number of aldehydes is 1. The summed E-state index contributed by atoms with van der Waals surface area (Å²) in [6.45, 7) is 6.00. The van der Waals surface area contributed by atoms with Crippen LogP contribution in [0.2, 0.25) is 0 Å². The van der Waals surface area contributed by atoms with Crippen molar-refractivity contribution in [3.05, 3.63) is 59.7 Å². The van der Waals surface area contributed by atoms with Crippen molar-refractivity contribution in [1.29, 1.82) is 0 Å². The maximum Gasteiger partial charge on any atom is 0.222 e. The van der Waals surface area contributed by atoms with Crippen LogP contribution < -0.4 is 10.6 Å². The van der Waals surface area contributed by atoms with Crippen molar-refractivity contribution in [2.24, 2.45) is 5.92 Å². The fourth-order valence-corrected chi connectivity index (χ4v) is 3.41. The fourth-order valence-electron chi connectivity index (χ4n) is 3.41. The zero-order valence-electron chi connectivity index (χ0n) is 15.9. The van der Waals surface area contributed by atoms with E-state index in [1.165, 1.54) is 5.56 Å². The van der Waals surface area contributed by atoms with E-state index in [0.717, 1.165) is 52.9 Å². The van der Waals surface area contributed by atoms with Gasteiger partial charge >= 0.3 is 0 Å². The van der Waals surface area contributed by atoms with Gasteiger partial charge in [0.05, 0.1) is 0 Å². The van der Waals surface area contributed by atoms with Gasteiger partial charge in [-0.05, 0) is 40.1 Å². The first-order valence-electron chi connectivity index (χ1n) is 9.49. The van der Waals surface area contributed by atoms with E-state index in [9.17, 15) is 9.59 Å². The van der Waals surface area contributed by atoms with E-state index < -0.39 is 0 Å². The SMILES string of the molecule is CC(C)C(=O)NCCCNCc1c2ccccc2c(C=O)c2ccccc12. The first kappa shape index (κ1) is 19.1. The molecule has 0 unspecified atom stereocenters. The molecule has 0 heterocycles. The molecule has 0 bridgehead atoms. The van der Waals surface area contributed by atoms with Crippen LogP contribution in [-0.4, -0.2) is 25.3 Å². The lowest BCUT2D eigenvalue weighted by molar-refractivity contribution is -0.123. The molecule has 3 aromatic rings. The van der Waals surface area contributed by atoms with Gasteiger partial charge in [-0.3, -0.25) is 9.59 Å². The second kappa shape index (κ2) is 8.78. The molecule has 0 saturated carbocycles. The molecule has 0 aliphatic rings. The Hall–Kier alpha value is -2.72. The van der Waals surface area contributed by atoms with Crippen LogP contribution in [0.5, 0.6) is 0 Å². The van der Waals surface area contributed by atoms with Gasteiger partial charge in [0.15, 0.2) is 6.29 Å². The van der Waals surface area contributed by atoms with Crippen LogP contribution in [0, 0.1) is 5.92 Å². The number of rotatable bonds is 8. The summed E-state index contributed by atoms with van der Waals surface area (Å²) >= 11 is 0. The number of carbonyl (C=O) groups is 2. The van der Waals surface area contributed by atoms with E-state index in [-0.39, 0.29) is 11.8 Å². The third-order valence-corrected chi connectivity index (χ3v) is 4.86. The first-order valence-corrected chi connectivity index (χ1v) is 9.49. The van der Waals surface area contributed by atoms with E-state index in [0.29, 0.717) is 6.54 Å². The molecule has 0 aromatic heterocycles. The molecular weight excluding hydrogens is 336 g/mol. The van der Waals surface area contributed by atoms with E-state index in [1.807, 2.05) is 50.2 Å². The number of nitrogens with one attached hydrogen (secondary N) is 2. The normalized spacial score (nSPS) is 11.2. The lowest BCUT2D eigenvalue weighted by Gasteiger charge is -2.15. The topological polar surface area (TPSA) is 58.2 Å². The van der Waals surface area contributed by atoms with Crippen molar-refractivity contribution in [2.75, 3.05) is 13.1 Å². The van der Waals surface area contributed by atoms with Crippen molar-refractivity contribution >= 4 is 33.7 Å². The van der Waals surface area contributed by atoms with E-state index in [4.69, 9.17) is 0 Å². The molecule has 3 rings (SSSR count). The van der Waals surface area contributed by atoms with E-state index in [1.54, 1.807) is 0 Å². The predicted molar refractivity (Wildman–Crippen MR) is 111 cm³/mol. The number of hydrogen-bond donors (Lipinski definition) is 2. The summed E-state index contributed by atoms with van der Waals surface area (Å²) in [6.07, 6.45) is 1.83. The Kier molecular flexibility index (Phi) is 6.20. The van der Waals surface area contributed by atoms with Gasteiger partial charge in [-0.2, -0.15) is 0 Å². The van der Waals surface area contributed by atoms with Crippen LogP contribution in [0.3, 0.4) is 0 Å². The Bertz CT molecular complexity index is 906. The number of hydrogen-bond acceptors (Lipinski definition) is 3. The predicted octanol–water partition coefficient (Wildman–Crippen LogP) is 4.06. The zero-order chi connectivity index (χ0) is 19.2. The summed E-state index contributed by atoms with van der Waals surface area (Å²) in [5.41, 5.74) is 1.96. The summed E-state index contributed by atoms with van der Waals surface area (Å²) in [5.74, 6) is 0.114. The van der Waals surface area contributed by atoms with Gasteiger partial charge in [0.25, 0.3) is 0 Å². The highest BCUT2D eigenvalue weighted by molar-refractivity contribution is 6.14. The molecule has 27 heavy (non-hydrogen) atoms. The van der Waals surface area contributed by atoms with Crippen LogP contribution in [0.1, 0.15) is 36.2 Å². The largest absolute Gasteiger partial charge is 0.356 e. The van der Waals surface area contributed by atoms with Gasteiger partial charge in [-0.1, -0.05) is 62.4 Å². The lowest BCUT2D eigenvalue weighted by atomic mass is 9.92. The summed E-state index contributed by atoms with van der Waals surface area (Å²) in [6, 6.07) is 16.1. The maximum absolute atomic E-state index is 11.7. The molecule has 0 aliphatic carbocycles. The fraction of sp³-hybridized carbons (Fsp3) is 0.304. The molecule has 2 N–H and O–H groups in total. The second-order valence-corrected chi connectivity index (χ2v) is 7.08. The van der Waals surface area contributed by atoms with Crippen molar-refractivity contribution in [3.63, 3.8) is 0 Å². The monoisotopic (exact) mass is 362 g/mol. The van der Waals surface area contributed by atoms with Gasteiger partial charge < -0.3 is 10.6 Å². The smallest absolute Gasteiger partial charge is 0.222 e. The Morgan fingerprint density at radius 2 is 1.48 bits per heavy atom. The van der Waals surface area contributed by atoms with Crippen LogP contribution in [0.25, 0.3) is 21.5 Å². The van der Waals surface area contributed by atoms with Gasteiger partial charge in [0.1, 0.15) is 0 Å². The number of fused-ring (bicyclic) bond motifs is 2. The molecule has 4 nitrogen and oxygen atoms in total. The summed E-state index contributed by atoms with van der Waals surface area (Å²) < 4.78 is 0. The number of carbonyl (C=O) groups excluding carboxylic acids is 2. The highest BCUT2D eigenvalue weighted by Crippen LogP contribution is 2.31. The van der Waals surface area contributed by atoms with Crippen molar-refractivity contribution in [1.82, 2.24) is 10.6 Å². The Balaban J connectivity index is 1.78. The van der Waals surface area contributed by atoms with Crippen molar-refractivity contribution in [3.8, 4) is 0 Å². The molecule has 0 saturated heterocycles. The Morgan fingerprint density at radius 1 is 0.926 bits per heavy atom. The quantitative estimate of drug-likeness (QED) is 0.361. The summed E-state index contributed by atoms with van der Waals surface area (Å²) in [5, 5.41) is 10.6. The highest BCUT2D eigenvalue weighted by Gasteiger charge is 2.12. The van der Waals surface area contributed by atoms with Crippen molar-refractivity contribution < 1.29 is 9.59 Å². The summed E-state index contributed by atoms with van der Waals surface area (Å²) in [7, 11) is 0. The number of amides is 1. The molecule has 0 atom stereocenters. The van der Waals surface area contributed by atoms with Crippen LogP contribution in [0.15, 0.2) is 48.5 Å². The van der Waals surface area contributed by atoms with Crippen LogP contribution >= 0.6 is 0 Å². The molecule has 3 aromatic carbocycles. The van der Waals surface area contributed by atoms with Gasteiger partial charge in [0.2, 0.25) is 5.91 Å². The van der Waals surface area contributed by atoms with E-state index in [2.05, 4.69) is 22.8 Å². The van der Waals surface area contributed by atoms with Crippen LogP contribution in [-0.2, 0) is 11.3 Å². The van der Waals surface area contributed by atoms with Crippen LogP contribution in [0.4, 0.5) is 0 Å². The third kappa shape index (κ3) is 4.17. The minimum absolute atomic E-state index is 0.0204. The molecule has 0 fully saturated rings. The molecule has 0 spiro atoms. The Labute approximate surface area is 160 Å². The summed E-state index contributed by atoms with van der Waals surface area (Å²) in [4.78, 5) is 23.3. The molecular formula is C23H26N2O2. The average Bonchev–Trinajstić information content (AvgIpc) is 2.69. The molecule has 140 valence electrons. The Morgan fingerprint density at radius 3 is 2.00 bits per heavy atom. The minimum atomic E-state index is 0.0204. The molecule has 4 heteroatoms. The lowest BCUT2D eigenvalue weighted by Crippen LogP contribution is -2.30. The van der Waals surface area contributed by atoms with Crippen molar-refractivity contribution in [2.45, 2.75) is 26.8 Å². The highest BCUT2D eigenvalue weighted by atomic mass is 16.1. The standard InChI is InChI=1S/C23H26N2O2/c1-16(2)23(27)25-13-7-12-24-14-21-17-8-3-5-10-19(17)22(15-26)20-11-6-4-9-18(20)21/h3-6,8-11,15-16,24H,7,12-14H2,1-2H3,(H,25,27). The maximum atomic E-state index is 11.7. The molecule has 0 radical (unpaired) electrons. The number of benzene rings is 3. The average molecular weight is 362 g/mol. The minimum Gasteiger partial charge on any atom is -0.356 e. The zero-order valence-corrected chi connectivity index (χ0v) is 15.9. The third-order valence-electron chi connectivity index (χ3n) is 4.86. The first-order chi connectivity index (χ1) is 13.1. The van der Waals surface area contributed by atoms with Gasteiger partial charge in [-0.15, -0.1) is 0 Å². The van der Waals surface area contributed by atoms with Gasteiger partial charge in [-0.25, -0.2) is 0 Å². The van der Waals surface area contributed by atoms with Gasteiger partial charge in [0, 0.05) is 24.6 Å². The molecule has 0 aliphatic heterocycles. The second-order valence-electron chi connectivity index (χ2n) is 7.08. The van der Waals surface area contributed by atoms with E-state index >= 15 is 0 Å². The molecule has 1 amide bonds.